The smallest absolute Gasteiger partial charge is 0.246 e. The van der Waals surface area contributed by atoms with E-state index >= 15 is 0 Å². The average molecular weight is 354 g/mol. The Kier molecular flexibility index (Phi) is 4.62. The van der Waals surface area contributed by atoms with Gasteiger partial charge in [-0.05, 0) is 29.8 Å². The lowest BCUT2D eigenvalue weighted by atomic mass is 10.1. The molecule has 2 heterocycles. The Balaban J connectivity index is 1.39. The molecule has 0 radical (unpaired) electrons. The van der Waals surface area contributed by atoms with E-state index < -0.39 is 0 Å². The summed E-state index contributed by atoms with van der Waals surface area (Å²) in [6.07, 6.45) is 0.435. The normalized spacial score (nSPS) is 17.6. The molecule has 1 atom stereocenters. The number of hydrogen-bond acceptors (Lipinski definition) is 4. The van der Waals surface area contributed by atoms with Gasteiger partial charge in [0.2, 0.25) is 5.91 Å². The van der Waals surface area contributed by atoms with Gasteiger partial charge in [0.1, 0.15) is 23.4 Å². The first-order chi connectivity index (χ1) is 12.7. The second-order valence-electron chi connectivity index (χ2n) is 6.39. The van der Waals surface area contributed by atoms with Crippen LogP contribution in [0.4, 0.5) is 4.39 Å². The number of halogens is 1. The average Bonchev–Trinajstić information content (AvgIpc) is 3.04. The first-order valence-corrected chi connectivity index (χ1v) is 8.61. The summed E-state index contributed by atoms with van der Waals surface area (Å²) in [6.45, 7) is 1.59. The van der Waals surface area contributed by atoms with Crippen LogP contribution in [-0.2, 0) is 22.5 Å². The molecule has 7 heteroatoms. The van der Waals surface area contributed by atoms with E-state index in [4.69, 9.17) is 4.74 Å². The number of rotatable bonds is 4. The van der Waals surface area contributed by atoms with Crippen LogP contribution >= 0.6 is 0 Å². The molecule has 0 N–H and O–H groups in total. The molecule has 1 fully saturated rings. The van der Waals surface area contributed by atoms with Crippen molar-refractivity contribution in [1.82, 2.24) is 19.9 Å². The van der Waals surface area contributed by atoms with E-state index in [9.17, 15) is 9.18 Å². The van der Waals surface area contributed by atoms with Gasteiger partial charge in [-0.1, -0.05) is 24.3 Å². The minimum Gasteiger partial charge on any atom is -0.374 e. The number of carbonyl (C=O) groups is 1. The molecule has 0 saturated carbocycles. The van der Waals surface area contributed by atoms with Gasteiger partial charge in [0.05, 0.1) is 12.7 Å². The summed E-state index contributed by atoms with van der Waals surface area (Å²) < 4.78 is 19.1. The second-order valence-corrected chi connectivity index (χ2v) is 6.39. The Bertz CT molecular complexity index is 894. The van der Waals surface area contributed by atoms with Crippen LogP contribution in [0.25, 0.3) is 11.0 Å². The van der Waals surface area contributed by atoms with Crippen LogP contribution in [-0.4, -0.2) is 51.6 Å². The third kappa shape index (κ3) is 3.72. The predicted octanol–water partition coefficient (Wildman–Crippen LogP) is 2.04. The molecule has 1 aromatic heterocycles. The van der Waals surface area contributed by atoms with Crippen molar-refractivity contribution in [3.63, 3.8) is 0 Å². The first-order valence-electron chi connectivity index (χ1n) is 8.61. The fourth-order valence-corrected chi connectivity index (χ4v) is 3.19. The Hall–Kier alpha value is -2.80. The van der Waals surface area contributed by atoms with Gasteiger partial charge in [0.25, 0.3) is 0 Å². The number of morpholine rings is 1. The molecule has 0 spiro atoms. The van der Waals surface area contributed by atoms with Crippen molar-refractivity contribution in [2.75, 3.05) is 19.7 Å². The van der Waals surface area contributed by atoms with Crippen LogP contribution in [0.1, 0.15) is 5.56 Å². The fraction of sp³-hybridized carbons (Fsp3) is 0.316. The van der Waals surface area contributed by atoms with Crippen LogP contribution in [0.3, 0.4) is 0 Å². The van der Waals surface area contributed by atoms with E-state index in [0.29, 0.717) is 26.1 Å². The van der Waals surface area contributed by atoms with Gasteiger partial charge in [0, 0.05) is 19.5 Å². The molecule has 1 amide bonds. The summed E-state index contributed by atoms with van der Waals surface area (Å²) >= 11 is 0. The van der Waals surface area contributed by atoms with Crippen molar-refractivity contribution >= 4 is 16.9 Å². The maximum atomic E-state index is 13.3. The van der Waals surface area contributed by atoms with Crippen LogP contribution in [0.2, 0.25) is 0 Å². The zero-order chi connectivity index (χ0) is 17.9. The van der Waals surface area contributed by atoms with Crippen molar-refractivity contribution in [2.24, 2.45) is 0 Å². The molecular formula is C19H19FN4O2. The highest BCUT2D eigenvalue weighted by Crippen LogP contribution is 2.14. The molecule has 0 bridgehead atoms. The number of aromatic nitrogens is 3. The molecule has 0 aliphatic carbocycles. The molecule has 6 nitrogen and oxygen atoms in total. The maximum absolute atomic E-state index is 13.3. The molecule has 1 saturated heterocycles. The lowest BCUT2D eigenvalue weighted by molar-refractivity contribution is -0.139. The van der Waals surface area contributed by atoms with Crippen LogP contribution in [0, 0.1) is 5.82 Å². The minimum absolute atomic E-state index is 0.0437. The molecule has 26 heavy (non-hydrogen) atoms. The Labute approximate surface area is 150 Å². The number of fused-ring (bicyclic) bond motifs is 1. The second kappa shape index (κ2) is 7.21. The number of amides is 1. The highest BCUT2D eigenvalue weighted by molar-refractivity contribution is 5.77. The van der Waals surface area contributed by atoms with E-state index in [2.05, 4.69) is 10.2 Å². The molecular weight excluding hydrogens is 335 g/mol. The number of hydrogen-bond donors (Lipinski definition) is 0. The Morgan fingerprint density at radius 2 is 1.92 bits per heavy atom. The third-order valence-corrected chi connectivity index (χ3v) is 4.45. The number of benzene rings is 2. The topological polar surface area (TPSA) is 60.2 Å². The van der Waals surface area contributed by atoms with Gasteiger partial charge in [-0.25, -0.2) is 4.39 Å². The van der Waals surface area contributed by atoms with Gasteiger partial charge in [-0.3, -0.25) is 4.79 Å². The van der Waals surface area contributed by atoms with Gasteiger partial charge >= 0.3 is 0 Å². The monoisotopic (exact) mass is 354 g/mol. The number of carbonyl (C=O) groups excluding carboxylic acids is 1. The Morgan fingerprint density at radius 1 is 1.15 bits per heavy atom. The minimum atomic E-state index is -0.261. The summed E-state index contributed by atoms with van der Waals surface area (Å²) in [5, 5.41) is 8.66. The van der Waals surface area contributed by atoms with Crippen LogP contribution in [0.15, 0.2) is 48.5 Å². The maximum Gasteiger partial charge on any atom is 0.246 e. The SMILES string of the molecule is O=C(Cn1nc2ccccc2n1)N1CCO[C@@H](Cc2cccc(F)c2)C1. The van der Waals surface area contributed by atoms with Crippen molar-refractivity contribution < 1.29 is 13.9 Å². The summed E-state index contributed by atoms with van der Waals surface area (Å²) in [4.78, 5) is 15.8. The fourth-order valence-electron chi connectivity index (χ4n) is 3.19. The van der Waals surface area contributed by atoms with E-state index in [1.165, 1.54) is 16.9 Å². The predicted molar refractivity (Wildman–Crippen MR) is 94.0 cm³/mol. The summed E-state index contributed by atoms with van der Waals surface area (Å²) in [5.74, 6) is -0.305. The molecule has 2 aromatic carbocycles. The van der Waals surface area contributed by atoms with Crippen molar-refractivity contribution in [2.45, 2.75) is 19.1 Å². The van der Waals surface area contributed by atoms with E-state index in [-0.39, 0.29) is 24.4 Å². The van der Waals surface area contributed by atoms with Crippen LogP contribution < -0.4 is 0 Å². The van der Waals surface area contributed by atoms with Gasteiger partial charge in [-0.2, -0.15) is 15.0 Å². The van der Waals surface area contributed by atoms with Crippen molar-refractivity contribution in [1.29, 1.82) is 0 Å². The van der Waals surface area contributed by atoms with Gasteiger partial charge in [0.15, 0.2) is 0 Å². The van der Waals surface area contributed by atoms with E-state index in [0.717, 1.165) is 16.6 Å². The zero-order valence-electron chi connectivity index (χ0n) is 14.2. The highest BCUT2D eigenvalue weighted by atomic mass is 19.1. The van der Waals surface area contributed by atoms with Crippen molar-refractivity contribution in [3.05, 3.63) is 59.9 Å². The number of ether oxygens (including phenoxy) is 1. The quantitative estimate of drug-likeness (QED) is 0.719. The molecule has 1 aliphatic rings. The molecule has 0 unspecified atom stereocenters. The standard InChI is InChI=1S/C19H19FN4O2/c20-15-5-3-4-14(10-15)11-16-12-23(8-9-26-16)19(25)13-24-21-17-6-1-2-7-18(17)22-24/h1-7,10,16H,8-9,11-13H2/t16-/m0/s1. The van der Waals surface area contributed by atoms with Crippen molar-refractivity contribution in [3.8, 4) is 0 Å². The summed E-state index contributed by atoms with van der Waals surface area (Å²) in [7, 11) is 0. The number of nitrogens with zero attached hydrogens (tertiary/aromatic N) is 4. The molecule has 4 rings (SSSR count). The molecule has 3 aromatic rings. The first kappa shape index (κ1) is 16.7. The highest BCUT2D eigenvalue weighted by Gasteiger charge is 2.25. The molecule has 1 aliphatic heterocycles. The lowest BCUT2D eigenvalue weighted by Crippen LogP contribution is -2.47. The third-order valence-electron chi connectivity index (χ3n) is 4.45. The summed E-state index contributed by atoms with van der Waals surface area (Å²) in [5.41, 5.74) is 2.40. The molecule has 134 valence electrons. The Morgan fingerprint density at radius 3 is 2.65 bits per heavy atom. The van der Waals surface area contributed by atoms with Gasteiger partial charge < -0.3 is 9.64 Å². The van der Waals surface area contributed by atoms with Crippen LogP contribution in [0.5, 0.6) is 0 Å². The largest absolute Gasteiger partial charge is 0.374 e. The van der Waals surface area contributed by atoms with Gasteiger partial charge in [-0.15, -0.1) is 0 Å². The zero-order valence-corrected chi connectivity index (χ0v) is 14.2. The van der Waals surface area contributed by atoms with E-state index in [1.54, 1.807) is 11.0 Å². The van der Waals surface area contributed by atoms with E-state index in [1.807, 2.05) is 30.3 Å². The summed E-state index contributed by atoms with van der Waals surface area (Å²) in [6, 6.07) is 14.0. The lowest BCUT2D eigenvalue weighted by Gasteiger charge is -2.33.